The van der Waals surface area contributed by atoms with Crippen LogP contribution in [0.25, 0.3) is 0 Å². The minimum absolute atomic E-state index is 0.00898. The van der Waals surface area contributed by atoms with Crippen molar-refractivity contribution in [3.05, 3.63) is 0 Å². The van der Waals surface area contributed by atoms with Crippen LogP contribution in [0.4, 0.5) is 0 Å². The van der Waals surface area contributed by atoms with E-state index in [0.29, 0.717) is 11.7 Å². The SMILES string of the molecule is CCCCCCCC1CCS(=O)(=O)C1CCCCCCC. The molecule has 0 bridgehead atoms. The second kappa shape index (κ2) is 10.6. The van der Waals surface area contributed by atoms with Crippen LogP contribution in [-0.4, -0.2) is 19.4 Å². The lowest BCUT2D eigenvalue weighted by Crippen LogP contribution is -2.22. The Kier molecular flexibility index (Phi) is 9.62. The van der Waals surface area contributed by atoms with Crippen LogP contribution in [0.3, 0.4) is 0 Å². The Balaban J connectivity index is 2.29. The van der Waals surface area contributed by atoms with Crippen LogP contribution >= 0.6 is 0 Å². The molecule has 0 aliphatic carbocycles. The molecule has 2 nitrogen and oxygen atoms in total. The third kappa shape index (κ3) is 7.17. The maximum absolute atomic E-state index is 12.2. The number of hydrogen-bond acceptors (Lipinski definition) is 2. The van der Waals surface area contributed by atoms with Gasteiger partial charge in [0.1, 0.15) is 0 Å². The zero-order valence-corrected chi connectivity index (χ0v) is 15.1. The van der Waals surface area contributed by atoms with E-state index in [0.717, 1.165) is 25.7 Å². The molecule has 0 amide bonds. The molecule has 1 rings (SSSR count). The standard InChI is InChI=1S/C18H36O2S/c1-3-5-7-9-11-13-17-15-16-21(19,20)18(17)14-12-10-8-6-4-2/h17-18H,3-16H2,1-2H3. The highest BCUT2D eigenvalue weighted by atomic mass is 32.2. The van der Waals surface area contributed by atoms with Crippen molar-refractivity contribution < 1.29 is 8.42 Å². The van der Waals surface area contributed by atoms with Crippen molar-refractivity contribution in [3.8, 4) is 0 Å². The summed E-state index contributed by atoms with van der Waals surface area (Å²) >= 11 is 0. The Bertz CT molecular complexity index is 348. The Morgan fingerprint density at radius 1 is 0.762 bits per heavy atom. The third-order valence-corrected chi connectivity index (χ3v) is 7.38. The van der Waals surface area contributed by atoms with Crippen molar-refractivity contribution >= 4 is 9.84 Å². The smallest absolute Gasteiger partial charge is 0.153 e. The number of sulfone groups is 1. The van der Waals surface area contributed by atoms with E-state index in [1.807, 2.05) is 0 Å². The first kappa shape index (κ1) is 19.0. The average Bonchev–Trinajstić information content (AvgIpc) is 2.74. The maximum Gasteiger partial charge on any atom is 0.153 e. The summed E-state index contributed by atoms with van der Waals surface area (Å²) in [5.41, 5.74) is 0. The number of unbranched alkanes of at least 4 members (excludes halogenated alkanes) is 8. The maximum atomic E-state index is 12.2. The van der Waals surface area contributed by atoms with E-state index in [4.69, 9.17) is 0 Å². The molecular formula is C18H36O2S. The van der Waals surface area contributed by atoms with Gasteiger partial charge in [0, 0.05) is 0 Å². The minimum Gasteiger partial charge on any atom is -0.229 e. The van der Waals surface area contributed by atoms with E-state index in [9.17, 15) is 8.42 Å². The van der Waals surface area contributed by atoms with Crippen molar-refractivity contribution in [1.29, 1.82) is 0 Å². The lowest BCUT2D eigenvalue weighted by molar-refractivity contribution is 0.415. The quantitative estimate of drug-likeness (QED) is 0.445. The van der Waals surface area contributed by atoms with Crippen LogP contribution in [0.15, 0.2) is 0 Å². The van der Waals surface area contributed by atoms with E-state index in [1.54, 1.807) is 0 Å². The molecular weight excluding hydrogens is 280 g/mol. The Labute approximate surface area is 133 Å². The van der Waals surface area contributed by atoms with Crippen molar-refractivity contribution in [1.82, 2.24) is 0 Å². The normalized spacial score (nSPS) is 24.5. The first-order valence-electron chi connectivity index (χ1n) is 9.33. The Hall–Kier alpha value is -0.0500. The first-order valence-corrected chi connectivity index (χ1v) is 11.0. The summed E-state index contributed by atoms with van der Waals surface area (Å²) < 4.78 is 24.5. The molecule has 21 heavy (non-hydrogen) atoms. The molecule has 0 aromatic heterocycles. The van der Waals surface area contributed by atoms with Crippen LogP contribution in [0, 0.1) is 5.92 Å². The van der Waals surface area contributed by atoms with Gasteiger partial charge in [-0.05, 0) is 25.2 Å². The Morgan fingerprint density at radius 3 is 1.86 bits per heavy atom. The van der Waals surface area contributed by atoms with Crippen LogP contribution in [0.5, 0.6) is 0 Å². The van der Waals surface area contributed by atoms with Crippen LogP contribution in [0.2, 0.25) is 0 Å². The van der Waals surface area contributed by atoms with Gasteiger partial charge in [0.25, 0.3) is 0 Å². The van der Waals surface area contributed by atoms with Crippen molar-refractivity contribution in [3.63, 3.8) is 0 Å². The Morgan fingerprint density at radius 2 is 1.29 bits per heavy atom. The van der Waals surface area contributed by atoms with Crippen molar-refractivity contribution in [2.24, 2.45) is 5.92 Å². The van der Waals surface area contributed by atoms with Gasteiger partial charge < -0.3 is 0 Å². The monoisotopic (exact) mass is 316 g/mol. The molecule has 3 heteroatoms. The number of rotatable bonds is 12. The molecule has 0 saturated carbocycles. The molecule has 1 fully saturated rings. The summed E-state index contributed by atoms with van der Waals surface area (Å²) in [7, 11) is -2.78. The van der Waals surface area contributed by atoms with Crippen molar-refractivity contribution in [2.45, 2.75) is 103 Å². The molecule has 1 aliphatic heterocycles. The second-order valence-electron chi connectivity index (χ2n) is 6.86. The minimum atomic E-state index is -2.78. The van der Waals surface area contributed by atoms with Gasteiger partial charge in [0.15, 0.2) is 9.84 Å². The summed E-state index contributed by atoms with van der Waals surface area (Å²) in [6.45, 7) is 4.45. The predicted octanol–water partition coefficient (Wildman–Crippen LogP) is 5.51. The predicted molar refractivity (Wildman–Crippen MR) is 92.4 cm³/mol. The van der Waals surface area contributed by atoms with E-state index < -0.39 is 9.84 Å². The third-order valence-electron chi connectivity index (χ3n) is 5.03. The van der Waals surface area contributed by atoms with Crippen molar-refractivity contribution in [2.75, 3.05) is 5.75 Å². The highest BCUT2D eigenvalue weighted by Crippen LogP contribution is 2.34. The van der Waals surface area contributed by atoms with Gasteiger partial charge >= 0.3 is 0 Å². The molecule has 2 unspecified atom stereocenters. The van der Waals surface area contributed by atoms with Gasteiger partial charge in [-0.1, -0.05) is 78.1 Å². The summed E-state index contributed by atoms with van der Waals surface area (Å²) in [5.74, 6) is 0.912. The summed E-state index contributed by atoms with van der Waals surface area (Å²) in [4.78, 5) is 0. The molecule has 0 aromatic rings. The zero-order chi connectivity index (χ0) is 15.6. The highest BCUT2D eigenvalue weighted by Gasteiger charge is 2.38. The van der Waals surface area contributed by atoms with Gasteiger partial charge in [-0.3, -0.25) is 0 Å². The van der Waals surface area contributed by atoms with Crippen LogP contribution in [-0.2, 0) is 9.84 Å². The van der Waals surface area contributed by atoms with Gasteiger partial charge in [0.2, 0.25) is 0 Å². The fourth-order valence-electron chi connectivity index (χ4n) is 3.65. The van der Waals surface area contributed by atoms with Gasteiger partial charge in [-0.2, -0.15) is 0 Å². The summed E-state index contributed by atoms with van der Waals surface area (Å²) in [6.07, 6.45) is 15.6. The molecule has 0 aromatic carbocycles. The fraction of sp³-hybridized carbons (Fsp3) is 1.00. The largest absolute Gasteiger partial charge is 0.229 e. The molecule has 1 aliphatic rings. The lowest BCUT2D eigenvalue weighted by atomic mass is 9.92. The molecule has 0 spiro atoms. The lowest BCUT2D eigenvalue weighted by Gasteiger charge is -2.18. The second-order valence-corrected chi connectivity index (χ2v) is 9.20. The summed E-state index contributed by atoms with van der Waals surface area (Å²) in [5, 5.41) is -0.00898. The fourth-order valence-corrected chi connectivity index (χ4v) is 5.97. The highest BCUT2D eigenvalue weighted by molar-refractivity contribution is 7.92. The van der Waals surface area contributed by atoms with Crippen LogP contribution in [0.1, 0.15) is 97.3 Å². The zero-order valence-electron chi connectivity index (χ0n) is 14.3. The summed E-state index contributed by atoms with van der Waals surface area (Å²) in [6, 6.07) is 0. The molecule has 0 radical (unpaired) electrons. The molecule has 1 heterocycles. The first-order chi connectivity index (χ1) is 10.1. The van der Waals surface area contributed by atoms with Gasteiger partial charge in [-0.25, -0.2) is 8.42 Å². The van der Waals surface area contributed by atoms with E-state index in [-0.39, 0.29) is 5.25 Å². The molecule has 2 atom stereocenters. The topological polar surface area (TPSA) is 34.1 Å². The molecule has 0 N–H and O–H groups in total. The van der Waals surface area contributed by atoms with E-state index in [1.165, 1.54) is 57.8 Å². The van der Waals surface area contributed by atoms with Gasteiger partial charge in [-0.15, -0.1) is 0 Å². The van der Waals surface area contributed by atoms with E-state index >= 15 is 0 Å². The average molecular weight is 317 g/mol. The van der Waals surface area contributed by atoms with E-state index in [2.05, 4.69) is 13.8 Å². The number of hydrogen-bond donors (Lipinski definition) is 0. The van der Waals surface area contributed by atoms with Gasteiger partial charge in [0.05, 0.1) is 11.0 Å². The molecule has 1 saturated heterocycles. The molecule has 126 valence electrons. The van der Waals surface area contributed by atoms with Crippen LogP contribution < -0.4 is 0 Å².